The summed E-state index contributed by atoms with van der Waals surface area (Å²) >= 11 is 5.85. The van der Waals surface area contributed by atoms with E-state index in [0.29, 0.717) is 26.1 Å². The molecule has 0 aromatic heterocycles. The van der Waals surface area contributed by atoms with Crippen LogP contribution in [0, 0.1) is 5.82 Å². The predicted molar refractivity (Wildman–Crippen MR) is 94.7 cm³/mol. The molecule has 2 fully saturated rings. The van der Waals surface area contributed by atoms with Gasteiger partial charge in [0.1, 0.15) is 5.82 Å². The Morgan fingerprint density at radius 2 is 2.00 bits per heavy atom. The molecular formula is C17H22ClFN2O3S. The molecular weight excluding hydrogens is 367 g/mol. The molecule has 5 nitrogen and oxygen atoms in total. The van der Waals surface area contributed by atoms with Crippen LogP contribution in [0.3, 0.4) is 0 Å². The van der Waals surface area contributed by atoms with Crippen LogP contribution in [0.15, 0.2) is 18.2 Å². The second kappa shape index (κ2) is 7.21. The summed E-state index contributed by atoms with van der Waals surface area (Å²) in [5.74, 6) is -0.364. The standard InChI is InChI=1S/C17H22ClFN2O3S/c1-2-3-17(22)21-7-6-20(15-10-25(23,24)11-16(15)21)9-12-4-5-14(19)13(18)8-12/h4-5,8,15-16H,2-3,6-7,9-11H2,1H3/t15-,16+/m1/s1. The number of carbonyl (C=O) groups excluding carboxylic acids is 1. The molecule has 0 radical (unpaired) electrons. The topological polar surface area (TPSA) is 57.7 Å². The highest BCUT2D eigenvalue weighted by atomic mass is 35.5. The Labute approximate surface area is 152 Å². The molecule has 1 aromatic rings. The van der Waals surface area contributed by atoms with E-state index >= 15 is 0 Å². The van der Waals surface area contributed by atoms with Gasteiger partial charge in [-0.15, -0.1) is 0 Å². The van der Waals surface area contributed by atoms with Crippen molar-refractivity contribution in [2.75, 3.05) is 24.6 Å². The summed E-state index contributed by atoms with van der Waals surface area (Å²) in [7, 11) is -3.17. The molecule has 2 atom stereocenters. The average Bonchev–Trinajstić information content (AvgIpc) is 2.87. The van der Waals surface area contributed by atoms with Gasteiger partial charge in [-0.2, -0.15) is 0 Å². The lowest BCUT2D eigenvalue weighted by molar-refractivity contribution is -0.137. The number of carbonyl (C=O) groups is 1. The maximum Gasteiger partial charge on any atom is 0.222 e. The SMILES string of the molecule is CCCC(=O)N1CCN(Cc2ccc(F)c(Cl)c2)[C@@H]2CS(=O)(=O)C[C@@H]21. The van der Waals surface area contributed by atoms with Crippen molar-refractivity contribution in [3.8, 4) is 0 Å². The molecule has 2 saturated heterocycles. The van der Waals surface area contributed by atoms with E-state index < -0.39 is 15.7 Å². The number of rotatable bonds is 4. The Balaban J connectivity index is 1.80. The summed E-state index contributed by atoms with van der Waals surface area (Å²) < 4.78 is 37.7. The van der Waals surface area contributed by atoms with Crippen molar-refractivity contribution in [2.45, 2.75) is 38.4 Å². The summed E-state index contributed by atoms with van der Waals surface area (Å²) in [5, 5.41) is 0.0600. The highest BCUT2D eigenvalue weighted by Crippen LogP contribution is 2.29. The number of piperazine rings is 1. The fourth-order valence-corrected chi connectivity index (χ4v) is 5.98. The monoisotopic (exact) mass is 388 g/mol. The van der Waals surface area contributed by atoms with Crippen molar-refractivity contribution in [1.29, 1.82) is 0 Å². The number of fused-ring (bicyclic) bond motifs is 1. The lowest BCUT2D eigenvalue weighted by Gasteiger charge is -2.44. The van der Waals surface area contributed by atoms with Crippen LogP contribution in [0.2, 0.25) is 5.02 Å². The number of halogens is 2. The van der Waals surface area contributed by atoms with Gasteiger partial charge in [-0.05, 0) is 24.1 Å². The fraction of sp³-hybridized carbons (Fsp3) is 0.588. The second-order valence-electron chi connectivity index (χ2n) is 6.77. The van der Waals surface area contributed by atoms with Gasteiger partial charge in [0.15, 0.2) is 9.84 Å². The maximum atomic E-state index is 13.3. The minimum atomic E-state index is -3.17. The van der Waals surface area contributed by atoms with Gasteiger partial charge in [-0.25, -0.2) is 12.8 Å². The van der Waals surface area contributed by atoms with Gasteiger partial charge in [0.2, 0.25) is 5.91 Å². The first kappa shape index (κ1) is 18.6. The minimum absolute atomic E-state index is 0.0216. The molecule has 138 valence electrons. The molecule has 1 aromatic carbocycles. The molecule has 8 heteroatoms. The molecule has 0 unspecified atom stereocenters. The van der Waals surface area contributed by atoms with E-state index in [-0.39, 0.29) is 34.5 Å². The maximum absolute atomic E-state index is 13.3. The number of hydrogen-bond donors (Lipinski definition) is 0. The molecule has 1 amide bonds. The summed E-state index contributed by atoms with van der Waals surface area (Å²) in [5.41, 5.74) is 0.836. The predicted octanol–water partition coefficient (Wildman–Crippen LogP) is 2.09. The minimum Gasteiger partial charge on any atom is -0.336 e. The van der Waals surface area contributed by atoms with Crippen molar-refractivity contribution in [2.24, 2.45) is 0 Å². The average molecular weight is 389 g/mol. The van der Waals surface area contributed by atoms with Crippen LogP contribution in [-0.2, 0) is 21.2 Å². The number of hydrogen-bond acceptors (Lipinski definition) is 4. The van der Waals surface area contributed by atoms with Gasteiger partial charge < -0.3 is 4.90 Å². The van der Waals surface area contributed by atoms with E-state index in [1.807, 2.05) is 6.92 Å². The van der Waals surface area contributed by atoms with E-state index in [9.17, 15) is 17.6 Å². The summed E-state index contributed by atoms with van der Waals surface area (Å²) in [6.07, 6.45) is 1.19. The Hall–Kier alpha value is -1.18. The van der Waals surface area contributed by atoms with Crippen LogP contribution in [0.5, 0.6) is 0 Å². The van der Waals surface area contributed by atoms with E-state index in [4.69, 9.17) is 11.6 Å². The molecule has 0 N–H and O–H groups in total. The van der Waals surface area contributed by atoms with Crippen LogP contribution in [0.1, 0.15) is 25.3 Å². The molecule has 0 saturated carbocycles. The summed E-state index contributed by atoms with van der Waals surface area (Å²) in [6.45, 7) is 3.55. The van der Waals surface area contributed by atoms with E-state index in [2.05, 4.69) is 4.90 Å². The van der Waals surface area contributed by atoms with Crippen molar-refractivity contribution in [3.05, 3.63) is 34.6 Å². The second-order valence-corrected chi connectivity index (χ2v) is 9.33. The van der Waals surface area contributed by atoms with Crippen LogP contribution in [-0.4, -0.2) is 60.8 Å². The highest BCUT2D eigenvalue weighted by molar-refractivity contribution is 7.91. The first-order valence-electron chi connectivity index (χ1n) is 8.48. The third kappa shape index (κ3) is 3.99. The molecule has 3 rings (SSSR count). The van der Waals surface area contributed by atoms with Gasteiger partial charge in [-0.3, -0.25) is 9.69 Å². The Kier molecular flexibility index (Phi) is 5.37. The van der Waals surface area contributed by atoms with Crippen LogP contribution in [0.25, 0.3) is 0 Å². The molecule has 2 aliphatic rings. The van der Waals surface area contributed by atoms with E-state index in [0.717, 1.165) is 12.0 Å². The van der Waals surface area contributed by atoms with Crippen LogP contribution >= 0.6 is 11.6 Å². The first-order valence-corrected chi connectivity index (χ1v) is 10.7. The molecule has 2 aliphatic heterocycles. The lowest BCUT2D eigenvalue weighted by atomic mass is 10.0. The first-order chi connectivity index (χ1) is 11.8. The summed E-state index contributed by atoms with van der Waals surface area (Å²) in [6, 6.07) is 4.04. The Morgan fingerprint density at radius 1 is 1.28 bits per heavy atom. The van der Waals surface area contributed by atoms with E-state index in [1.165, 1.54) is 6.07 Å². The van der Waals surface area contributed by atoms with E-state index in [1.54, 1.807) is 17.0 Å². The molecule has 2 heterocycles. The van der Waals surface area contributed by atoms with Gasteiger partial charge >= 0.3 is 0 Å². The van der Waals surface area contributed by atoms with Gasteiger partial charge in [0.25, 0.3) is 0 Å². The molecule has 0 spiro atoms. The summed E-state index contributed by atoms with van der Waals surface area (Å²) in [4.78, 5) is 16.2. The quantitative estimate of drug-likeness (QED) is 0.792. The van der Waals surface area contributed by atoms with Gasteiger partial charge in [-0.1, -0.05) is 24.6 Å². The number of amides is 1. The molecule has 0 bridgehead atoms. The lowest BCUT2D eigenvalue weighted by Crippen LogP contribution is -2.60. The smallest absolute Gasteiger partial charge is 0.222 e. The Bertz CT molecular complexity index is 771. The van der Waals surface area contributed by atoms with Crippen molar-refractivity contribution >= 4 is 27.3 Å². The van der Waals surface area contributed by atoms with Gasteiger partial charge in [0, 0.05) is 32.1 Å². The van der Waals surface area contributed by atoms with Gasteiger partial charge in [0.05, 0.1) is 22.6 Å². The zero-order valence-corrected chi connectivity index (χ0v) is 15.7. The van der Waals surface area contributed by atoms with Crippen molar-refractivity contribution < 1.29 is 17.6 Å². The van der Waals surface area contributed by atoms with Crippen molar-refractivity contribution in [1.82, 2.24) is 9.80 Å². The zero-order chi connectivity index (χ0) is 18.2. The normalized spacial score (nSPS) is 25.8. The number of nitrogens with zero attached hydrogens (tertiary/aromatic N) is 2. The number of sulfone groups is 1. The molecule has 25 heavy (non-hydrogen) atoms. The van der Waals surface area contributed by atoms with Crippen LogP contribution in [0.4, 0.5) is 4.39 Å². The third-order valence-corrected chi connectivity index (χ3v) is 6.93. The fourth-order valence-electron chi connectivity index (χ4n) is 3.76. The Morgan fingerprint density at radius 3 is 2.68 bits per heavy atom. The third-order valence-electron chi connectivity index (χ3n) is 4.94. The largest absolute Gasteiger partial charge is 0.336 e. The number of benzene rings is 1. The van der Waals surface area contributed by atoms with Crippen molar-refractivity contribution in [3.63, 3.8) is 0 Å². The van der Waals surface area contributed by atoms with Crippen LogP contribution < -0.4 is 0 Å². The molecule has 0 aliphatic carbocycles. The zero-order valence-electron chi connectivity index (χ0n) is 14.1. The highest BCUT2D eigenvalue weighted by Gasteiger charge is 2.47.